The zero-order chi connectivity index (χ0) is 9.14. The molecule has 3 nitrogen and oxygen atoms in total. The van der Waals surface area contributed by atoms with Crippen LogP contribution in [0.3, 0.4) is 0 Å². The minimum absolute atomic E-state index is 0.0680. The molecule has 12 heavy (non-hydrogen) atoms. The molecule has 0 saturated heterocycles. The van der Waals surface area contributed by atoms with E-state index in [2.05, 4.69) is 0 Å². The molecule has 0 fully saturated rings. The molecule has 3 N–H and O–H groups in total. The van der Waals surface area contributed by atoms with Gasteiger partial charge in [0, 0.05) is 12.7 Å². The lowest BCUT2D eigenvalue weighted by atomic mass is 10.3. The van der Waals surface area contributed by atoms with E-state index >= 15 is 0 Å². The summed E-state index contributed by atoms with van der Waals surface area (Å²) >= 11 is 0. The second-order valence-electron chi connectivity index (χ2n) is 2.42. The van der Waals surface area contributed by atoms with Crippen LogP contribution in [0.15, 0.2) is 24.3 Å². The van der Waals surface area contributed by atoms with Crippen LogP contribution in [0, 0.1) is 11.2 Å². The van der Waals surface area contributed by atoms with Crippen LogP contribution in [0.1, 0.15) is 0 Å². The van der Waals surface area contributed by atoms with Crippen LogP contribution in [-0.2, 0) is 0 Å². The third kappa shape index (κ3) is 1.72. The van der Waals surface area contributed by atoms with Crippen molar-refractivity contribution in [3.63, 3.8) is 0 Å². The second-order valence-corrected chi connectivity index (χ2v) is 2.42. The third-order valence-corrected chi connectivity index (χ3v) is 1.58. The number of halogens is 1. The standard InChI is InChI=1S/C8H10FN3/c1-12(8(10)11)7-4-2-6(9)3-5-7/h2-5H,1H3,(H3,10,11). The van der Waals surface area contributed by atoms with E-state index in [-0.39, 0.29) is 11.8 Å². The molecule has 0 saturated carbocycles. The highest BCUT2D eigenvalue weighted by atomic mass is 19.1. The number of hydrogen-bond acceptors (Lipinski definition) is 1. The number of benzene rings is 1. The third-order valence-electron chi connectivity index (χ3n) is 1.58. The van der Waals surface area contributed by atoms with Crippen molar-refractivity contribution in [1.29, 1.82) is 5.41 Å². The first-order valence-electron chi connectivity index (χ1n) is 3.44. The van der Waals surface area contributed by atoms with Crippen molar-refractivity contribution in [2.75, 3.05) is 11.9 Å². The molecular formula is C8H10FN3. The monoisotopic (exact) mass is 167 g/mol. The van der Waals surface area contributed by atoms with Crippen LogP contribution in [-0.4, -0.2) is 13.0 Å². The Hall–Kier alpha value is -1.58. The summed E-state index contributed by atoms with van der Waals surface area (Å²) in [5, 5.41) is 7.10. The van der Waals surface area contributed by atoms with Gasteiger partial charge in [-0.1, -0.05) is 0 Å². The Kier molecular flexibility index (Phi) is 2.28. The van der Waals surface area contributed by atoms with Crippen molar-refractivity contribution in [2.24, 2.45) is 5.73 Å². The topological polar surface area (TPSA) is 53.1 Å². The molecule has 1 aromatic rings. The number of nitrogens with two attached hydrogens (primary N) is 1. The maximum atomic E-state index is 12.4. The zero-order valence-electron chi connectivity index (χ0n) is 6.71. The Labute approximate surface area is 70.1 Å². The Morgan fingerprint density at radius 3 is 2.33 bits per heavy atom. The highest BCUT2D eigenvalue weighted by Gasteiger charge is 2.01. The molecule has 0 amide bonds. The average molecular weight is 167 g/mol. The molecule has 4 heteroatoms. The van der Waals surface area contributed by atoms with Gasteiger partial charge in [0.1, 0.15) is 5.82 Å². The van der Waals surface area contributed by atoms with Gasteiger partial charge in [0.15, 0.2) is 5.96 Å². The highest BCUT2D eigenvalue weighted by Crippen LogP contribution is 2.11. The van der Waals surface area contributed by atoms with E-state index in [1.165, 1.54) is 17.0 Å². The summed E-state index contributed by atoms with van der Waals surface area (Å²) in [6.07, 6.45) is 0. The highest BCUT2D eigenvalue weighted by molar-refractivity contribution is 5.91. The van der Waals surface area contributed by atoms with E-state index < -0.39 is 0 Å². The van der Waals surface area contributed by atoms with E-state index in [0.717, 1.165) is 0 Å². The molecule has 0 radical (unpaired) electrons. The smallest absolute Gasteiger partial charge is 0.192 e. The lowest BCUT2D eigenvalue weighted by Gasteiger charge is -2.15. The first-order valence-corrected chi connectivity index (χ1v) is 3.44. The van der Waals surface area contributed by atoms with E-state index in [9.17, 15) is 4.39 Å². The van der Waals surface area contributed by atoms with Crippen LogP contribution in [0.2, 0.25) is 0 Å². The summed E-state index contributed by atoms with van der Waals surface area (Å²) in [6, 6.07) is 5.79. The van der Waals surface area contributed by atoms with Gasteiger partial charge in [0.05, 0.1) is 0 Å². The van der Waals surface area contributed by atoms with Crippen LogP contribution in [0.4, 0.5) is 10.1 Å². The minimum Gasteiger partial charge on any atom is -0.370 e. The van der Waals surface area contributed by atoms with Crippen LogP contribution < -0.4 is 10.6 Å². The van der Waals surface area contributed by atoms with Gasteiger partial charge in [-0.25, -0.2) is 4.39 Å². The molecule has 64 valence electrons. The van der Waals surface area contributed by atoms with Crippen molar-refractivity contribution < 1.29 is 4.39 Å². The maximum absolute atomic E-state index is 12.4. The fraction of sp³-hybridized carbons (Fsp3) is 0.125. The van der Waals surface area contributed by atoms with E-state index in [1.807, 2.05) is 0 Å². The predicted molar refractivity (Wildman–Crippen MR) is 46.7 cm³/mol. The largest absolute Gasteiger partial charge is 0.370 e. The number of rotatable bonds is 1. The van der Waals surface area contributed by atoms with Crippen molar-refractivity contribution in [2.45, 2.75) is 0 Å². The van der Waals surface area contributed by atoms with Crippen LogP contribution in [0.5, 0.6) is 0 Å². The molecule has 1 rings (SSSR count). The van der Waals surface area contributed by atoms with Gasteiger partial charge >= 0.3 is 0 Å². The SMILES string of the molecule is CN(C(=N)N)c1ccc(F)cc1. The van der Waals surface area contributed by atoms with Gasteiger partial charge in [-0.3, -0.25) is 5.41 Å². The van der Waals surface area contributed by atoms with Crippen LogP contribution >= 0.6 is 0 Å². The lowest BCUT2D eigenvalue weighted by Crippen LogP contribution is -2.32. The van der Waals surface area contributed by atoms with Crippen LogP contribution in [0.25, 0.3) is 0 Å². The zero-order valence-corrected chi connectivity index (χ0v) is 6.71. The molecule has 0 unspecified atom stereocenters. The summed E-state index contributed by atoms with van der Waals surface area (Å²) in [7, 11) is 1.65. The Balaban J connectivity index is 2.89. The minimum atomic E-state index is -0.296. The Morgan fingerprint density at radius 2 is 1.92 bits per heavy atom. The summed E-state index contributed by atoms with van der Waals surface area (Å²) in [4.78, 5) is 1.46. The van der Waals surface area contributed by atoms with E-state index in [1.54, 1.807) is 19.2 Å². The molecule has 1 aromatic carbocycles. The molecule has 0 aromatic heterocycles. The number of guanidine groups is 1. The normalized spacial score (nSPS) is 9.50. The number of hydrogen-bond donors (Lipinski definition) is 2. The number of nitrogens with zero attached hydrogens (tertiary/aromatic N) is 1. The first-order chi connectivity index (χ1) is 5.61. The first kappa shape index (κ1) is 8.52. The van der Waals surface area contributed by atoms with E-state index in [0.29, 0.717) is 5.69 Å². The Bertz CT molecular complexity index is 281. The molecule has 0 heterocycles. The van der Waals surface area contributed by atoms with Crippen molar-refractivity contribution >= 4 is 11.6 Å². The predicted octanol–water partition coefficient (Wildman–Crippen LogP) is 1.16. The summed E-state index contributed by atoms with van der Waals surface area (Å²) in [6.45, 7) is 0. The molecule has 0 aliphatic carbocycles. The van der Waals surface area contributed by atoms with Gasteiger partial charge in [-0.05, 0) is 24.3 Å². The summed E-state index contributed by atoms with van der Waals surface area (Å²) < 4.78 is 12.4. The molecule has 0 aliphatic heterocycles. The second kappa shape index (κ2) is 3.21. The summed E-state index contributed by atoms with van der Waals surface area (Å²) in [5.41, 5.74) is 5.92. The fourth-order valence-corrected chi connectivity index (χ4v) is 0.804. The van der Waals surface area contributed by atoms with Crippen molar-refractivity contribution in [3.05, 3.63) is 30.1 Å². The van der Waals surface area contributed by atoms with Gasteiger partial charge < -0.3 is 10.6 Å². The number of anilines is 1. The van der Waals surface area contributed by atoms with Gasteiger partial charge in [-0.15, -0.1) is 0 Å². The molecular weight excluding hydrogens is 157 g/mol. The van der Waals surface area contributed by atoms with E-state index in [4.69, 9.17) is 11.1 Å². The molecule has 0 bridgehead atoms. The van der Waals surface area contributed by atoms with Gasteiger partial charge in [-0.2, -0.15) is 0 Å². The fourth-order valence-electron chi connectivity index (χ4n) is 0.804. The Morgan fingerprint density at radius 1 is 1.42 bits per heavy atom. The quantitative estimate of drug-likeness (QED) is 0.487. The average Bonchev–Trinajstić information content (AvgIpc) is 2.04. The number of nitrogens with one attached hydrogen (secondary N) is 1. The summed E-state index contributed by atoms with van der Waals surface area (Å²) in [5.74, 6) is -0.364. The van der Waals surface area contributed by atoms with Crippen molar-refractivity contribution in [3.8, 4) is 0 Å². The lowest BCUT2D eigenvalue weighted by molar-refractivity contribution is 0.628. The van der Waals surface area contributed by atoms with Gasteiger partial charge in [0.2, 0.25) is 0 Å². The van der Waals surface area contributed by atoms with Gasteiger partial charge in [0.25, 0.3) is 0 Å². The van der Waals surface area contributed by atoms with Crippen molar-refractivity contribution in [1.82, 2.24) is 0 Å². The molecule has 0 aliphatic rings. The maximum Gasteiger partial charge on any atom is 0.192 e. The molecule has 0 atom stereocenters. The molecule has 0 spiro atoms.